The average molecular weight is 449 g/mol. The van der Waals surface area contributed by atoms with Gasteiger partial charge in [0.1, 0.15) is 5.69 Å². The Labute approximate surface area is 188 Å². The van der Waals surface area contributed by atoms with Crippen LogP contribution in [0.15, 0.2) is 53.6 Å². The molecule has 0 bridgehead atoms. The van der Waals surface area contributed by atoms with Crippen molar-refractivity contribution in [3.05, 3.63) is 81.0 Å². The molecule has 32 heavy (non-hydrogen) atoms. The van der Waals surface area contributed by atoms with Crippen molar-refractivity contribution in [1.29, 1.82) is 0 Å². The fraction of sp³-hybridized carbons (Fsp3) is 0.217. The number of benzene rings is 1. The number of hydrogen-bond acceptors (Lipinski definition) is 5. The van der Waals surface area contributed by atoms with Gasteiger partial charge in [0.05, 0.1) is 22.3 Å². The molecule has 0 unspecified atom stereocenters. The van der Waals surface area contributed by atoms with Crippen LogP contribution in [-0.2, 0) is 6.54 Å². The highest BCUT2D eigenvalue weighted by atomic mass is 35.5. The summed E-state index contributed by atoms with van der Waals surface area (Å²) in [6, 6.07) is 9.70. The molecule has 0 aliphatic carbocycles. The molecule has 1 amide bonds. The maximum Gasteiger partial charge on any atom is 0.276 e. The molecule has 2 N–H and O–H groups in total. The first-order valence-corrected chi connectivity index (χ1v) is 10.7. The van der Waals surface area contributed by atoms with E-state index in [4.69, 9.17) is 11.6 Å². The van der Waals surface area contributed by atoms with Crippen molar-refractivity contribution in [2.24, 2.45) is 0 Å². The fourth-order valence-electron chi connectivity index (χ4n) is 4.09. The number of aromatic amines is 1. The summed E-state index contributed by atoms with van der Waals surface area (Å²) in [5, 5.41) is 7.15. The van der Waals surface area contributed by atoms with E-state index in [9.17, 15) is 9.59 Å². The summed E-state index contributed by atoms with van der Waals surface area (Å²) < 4.78 is 1.58. The maximum absolute atomic E-state index is 12.4. The van der Waals surface area contributed by atoms with Crippen molar-refractivity contribution in [3.63, 3.8) is 0 Å². The summed E-state index contributed by atoms with van der Waals surface area (Å²) in [5.74, 6) is -0.187. The molecule has 0 spiro atoms. The second kappa shape index (κ2) is 8.22. The summed E-state index contributed by atoms with van der Waals surface area (Å²) in [6.07, 6.45) is 6.35. The topological polar surface area (TPSA) is 95.4 Å². The molecule has 1 aliphatic rings. The molecule has 1 aromatic carbocycles. The number of halogens is 1. The molecule has 162 valence electrons. The predicted molar refractivity (Wildman–Crippen MR) is 124 cm³/mol. The van der Waals surface area contributed by atoms with Gasteiger partial charge in [0, 0.05) is 32.9 Å². The molecule has 5 rings (SSSR count). The maximum atomic E-state index is 12.4. The number of H-pyrrole nitrogens is 1. The molecule has 3 aromatic heterocycles. The molecule has 0 saturated carbocycles. The first kappa shape index (κ1) is 20.4. The zero-order chi connectivity index (χ0) is 22.2. The minimum atomic E-state index is -0.251. The highest BCUT2D eigenvalue weighted by molar-refractivity contribution is 6.33. The van der Waals surface area contributed by atoms with Gasteiger partial charge in [0.2, 0.25) is 0 Å². The van der Waals surface area contributed by atoms with Crippen LogP contribution in [0.4, 0.5) is 0 Å². The summed E-state index contributed by atoms with van der Waals surface area (Å²) in [4.78, 5) is 33.6. The Bertz CT molecular complexity index is 1420. The van der Waals surface area contributed by atoms with E-state index in [2.05, 4.69) is 37.4 Å². The van der Waals surface area contributed by atoms with E-state index < -0.39 is 0 Å². The lowest BCUT2D eigenvalue weighted by molar-refractivity contribution is 0.0958. The van der Waals surface area contributed by atoms with Crippen molar-refractivity contribution in [2.75, 3.05) is 20.1 Å². The molecule has 9 heteroatoms. The third-order valence-electron chi connectivity index (χ3n) is 5.77. The van der Waals surface area contributed by atoms with Crippen LogP contribution in [0.25, 0.3) is 22.1 Å². The SMILES string of the molecule is CNC(=O)c1ccc(C2=CCN(Cc3ccc4c(c3)[nH]c(=O)c3c(Cl)cnn34)CC2)cn1. The van der Waals surface area contributed by atoms with Crippen LogP contribution in [0, 0.1) is 0 Å². The summed E-state index contributed by atoms with van der Waals surface area (Å²) in [5.41, 5.74) is 5.45. The number of amides is 1. The van der Waals surface area contributed by atoms with Crippen LogP contribution in [0.3, 0.4) is 0 Å². The second-order valence-corrected chi connectivity index (χ2v) is 8.19. The van der Waals surface area contributed by atoms with Crippen molar-refractivity contribution in [2.45, 2.75) is 13.0 Å². The Morgan fingerprint density at radius 1 is 1.25 bits per heavy atom. The van der Waals surface area contributed by atoms with Gasteiger partial charge < -0.3 is 10.3 Å². The zero-order valence-corrected chi connectivity index (χ0v) is 18.2. The van der Waals surface area contributed by atoms with Crippen molar-refractivity contribution in [3.8, 4) is 0 Å². The number of fused-ring (bicyclic) bond motifs is 3. The number of hydrogen-bond donors (Lipinski definition) is 2. The highest BCUT2D eigenvalue weighted by Crippen LogP contribution is 2.24. The molecule has 0 atom stereocenters. The van der Waals surface area contributed by atoms with Gasteiger partial charge in [0.15, 0.2) is 5.52 Å². The minimum Gasteiger partial charge on any atom is -0.354 e. The largest absolute Gasteiger partial charge is 0.354 e. The van der Waals surface area contributed by atoms with E-state index in [1.807, 2.05) is 18.2 Å². The average Bonchev–Trinajstić information content (AvgIpc) is 3.21. The van der Waals surface area contributed by atoms with Crippen LogP contribution in [0.1, 0.15) is 28.0 Å². The molecule has 8 nitrogen and oxygen atoms in total. The Kier molecular flexibility index (Phi) is 5.24. The third-order valence-corrected chi connectivity index (χ3v) is 6.05. The number of rotatable bonds is 4. The van der Waals surface area contributed by atoms with Gasteiger partial charge >= 0.3 is 0 Å². The second-order valence-electron chi connectivity index (χ2n) is 7.78. The first-order chi connectivity index (χ1) is 15.5. The van der Waals surface area contributed by atoms with Crippen molar-refractivity contribution >= 4 is 39.6 Å². The molecule has 0 saturated heterocycles. The monoisotopic (exact) mass is 448 g/mol. The fourth-order valence-corrected chi connectivity index (χ4v) is 4.29. The predicted octanol–water partition coefficient (Wildman–Crippen LogP) is 2.87. The molecule has 1 aliphatic heterocycles. The smallest absolute Gasteiger partial charge is 0.276 e. The van der Waals surface area contributed by atoms with Crippen LogP contribution in [-0.4, -0.2) is 50.5 Å². The van der Waals surface area contributed by atoms with E-state index in [-0.39, 0.29) is 11.5 Å². The van der Waals surface area contributed by atoms with Crippen LogP contribution >= 0.6 is 11.6 Å². The van der Waals surface area contributed by atoms with Gasteiger partial charge in [0.25, 0.3) is 11.5 Å². The van der Waals surface area contributed by atoms with E-state index in [0.717, 1.165) is 48.2 Å². The van der Waals surface area contributed by atoms with E-state index >= 15 is 0 Å². The van der Waals surface area contributed by atoms with Crippen LogP contribution in [0.5, 0.6) is 0 Å². The quantitative estimate of drug-likeness (QED) is 0.500. The van der Waals surface area contributed by atoms with Gasteiger partial charge in [-0.15, -0.1) is 0 Å². The molecule has 0 fully saturated rings. The Morgan fingerprint density at radius 2 is 2.12 bits per heavy atom. The van der Waals surface area contributed by atoms with Crippen molar-refractivity contribution < 1.29 is 4.79 Å². The highest BCUT2D eigenvalue weighted by Gasteiger charge is 2.16. The molecule has 4 heterocycles. The lowest BCUT2D eigenvalue weighted by atomic mass is 10.0. The molecular weight excluding hydrogens is 428 g/mol. The van der Waals surface area contributed by atoms with E-state index in [0.29, 0.717) is 16.2 Å². The number of nitrogens with one attached hydrogen (secondary N) is 2. The third kappa shape index (κ3) is 3.68. The Morgan fingerprint density at radius 3 is 2.84 bits per heavy atom. The van der Waals surface area contributed by atoms with Gasteiger partial charge in [-0.1, -0.05) is 29.8 Å². The summed E-state index contributed by atoms with van der Waals surface area (Å²) >= 11 is 6.09. The lowest BCUT2D eigenvalue weighted by Gasteiger charge is -2.26. The van der Waals surface area contributed by atoms with E-state index in [1.165, 1.54) is 11.8 Å². The van der Waals surface area contributed by atoms with Gasteiger partial charge in [-0.05, 0) is 41.3 Å². The molecular formula is C23H21ClN6O2. The number of nitrogens with zero attached hydrogens (tertiary/aromatic N) is 4. The standard InChI is InChI=1S/C23H21ClN6O2/c1-25-22(31)18-4-3-16(11-26-18)15-6-8-29(9-7-15)13-14-2-5-20-19(10-14)28-23(32)21-17(24)12-27-30(20)21/h2-6,10-12H,7-9,13H2,1H3,(H,25,31)(H,28,32). The summed E-state index contributed by atoms with van der Waals surface area (Å²) in [6.45, 7) is 2.49. The van der Waals surface area contributed by atoms with Crippen molar-refractivity contribution in [1.82, 2.24) is 29.8 Å². The normalized spacial score (nSPS) is 14.6. The first-order valence-electron chi connectivity index (χ1n) is 10.3. The van der Waals surface area contributed by atoms with Gasteiger partial charge in [-0.2, -0.15) is 5.10 Å². The van der Waals surface area contributed by atoms with Crippen LogP contribution in [0.2, 0.25) is 5.02 Å². The Hall–Kier alpha value is -3.49. The summed E-state index contributed by atoms with van der Waals surface area (Å²) in [7, 11) is 1.59. The lowest BCUT2D eigenvalue weighted by Crippen LogP contribution is -2.28. The Balaban J connectivity index is 1.32. The molecule has 0 radical (unpaired) electrons. The number of aromatic nitrogens is 4. The number of pyridine rings is 1. The van der Waals surface area contributed by atoms with E-state index in [1.54, 1.807) is 23.8 Å². The van der Waals surface area contributed by atoms with Crippen LogP contribution < -0.4 is 10.9 Å². The van der Waals surface area contributed by atoms with Gasteiger partial charge in [-0.3, -0.25) is 19.5 Å². The number of carbonyl (C=O) groups excluding carboxylic acids is 1. The number of carbonyl (C=O) groups is 1. The zero-order valence-electron chi connectivity index (χ0n) is 17.4. The van der Waals surface area contributed by atoms with Gasteiger partial charge in [-0.25, -0.2) is 4.52 Å². The molecule has 4 aromatic rings. The minimum absolute atomic E-state index is 0.187.